The molecule has 1 heterocycles. The lowest BCUT2D eigenvalue weighted by atomic mass is 9.98. The van der Waals surface area contributed by atoms with Crippen LogP contribution in [0.1, 0.15) is 44.1 Å². The van der Waals surface area contributed by atoms with E-state index in [9.17, 15) is 14.4 Å². The van der Waals surface area contributed by atoms with E-state index in [1.54, 1.807) is 39.0 Å². The van der Waals surface area contributed by atoms with Gasteiger partial charge in [0.15, 0.2) is 5.69 Å². The average Bonchev–Trinajstić information content (AvgIpc) is 2.96. The Morgan fingerprint density at radius 3 is 2.64 bits per heavy atom. The summed E-state index contributed by atoms with van der Waals surface area (Å²) in [7, 11) is 0. The van der Waals surface area contributed by atoms with Crippen molar-refractivity contribution in [2.45, 2.75) is 45.2 Å². The van der Waals surface area contributed by atoms with Gasteiger partial charge in [-0.1, -0.05) is 18.2 Å². The van der Waals surface area contributed by atoms with E-state index < -0.39 is 23.5 Å². The molecule has 25 heavy (non-hydrogen) atoms. The average molecular weight is 346 g/mol. The van der Waals surface area contributed by atoms with Crippen LogP contribution in [-0.2, 0) is 9.59 Å². The van der Waals surface area contributed by atoms with Gasteiger partial charge in [0, 0.05) is 17.3 Å². The summed E-state index contributed by atoms with van der Waals surface area (Å²) in [5, 5.41) is 21.6. The van der Waals surface area contributed by atoms with E-state index in [-0.39, 0.29) is 18.0 Å². The van der Waals surface area contributed by atoms with Crippen LogP contribution in [0.3, 0.4) is 0 Å². The third kappa shape index (κ3) is 4.79. The number of nitrogens with zero attached hydrogens (tertiary/aromatic N) is 1. The first kappa shape index (κ1) is 18.4. The van der Waals surface area contributed by atoms with Crippen LogP contribution in [0.25, 0.3) is 10.9 Å². The number of hydrogen-bond donors (Lipinski definition) is 4. The zero-order valence-electron chi connectivity index (χ0n) is 14.4. The van der Waals surface area contributed by atoms with Crippen LogP contribution in [0, 0.1) is 0 Å². The van der Waals surface area contributed by atoms with E-state index >= 15 is 0 Å². The van der Waals surface area contributed by atoms with Crippen LogP contribution in [0.4, 0.5) is 0 Å². The molecule has 2 aromatic rings. The first-order valence-electron chi connectivity index (χ1n) is 7.97. The van der Waals surface area contributed by atoms with Gasteiger partial charge in [0.05, 0.1) is 5.52 Å². The predicted molar refractivity (Wildman–Crippen MR) is 92.1 cm³/mol. The predicted octanol–water partition coefficient (Wildman–Crippen LogP) is 1.44. The number of amides is 2. The minimum Gasteiger partial charge on any atom is -0.481 e. The summed E-state index contributed by atoms with van der Waals surface area (Å²) in [6.07, 6.45) is 0.242. The second-order valence-corrected chi connectivity index (χ2v) is 6.58. The molecule has 8 nitrogen and oxygen atoms in total. The first-order chi connectivity index (χ1) is 11.7. The summed E-state index contributed by atoms with van der Waals surface area (Å²) >= 11 is 0. The van der Waals surface area contributed by atoms with E-state index in [4.69, 9.17) is 5.11 Å². The Labute approximate surface area is 145 Å². The van der Waals surface area contributed by atoms with Gasteiger partial charge in [-0.15, -0.1) is 0 Å². The molecule has 8 heteroatoms. The molecule has 0 aliphatic carbocycles. The summed E-state index contributed by atoms with van der Waals surface area (Å²) in [5.74, 6) is -1.76. The number of aliphatic carboxylic acids is 1. The zero-order valence-corrected chi connectivity index (χ0v) is 14.4. The number of hydrogen-bond acceptors (Lipinski definition) is 4. The molecule has 0 saturated heterocycles. The van der Waals surface area contributed by atoms with E-state index in [0.717, 1.165) is 5.52 Å². The van der Waals surface area contributed by atoms with Crippen LogP contribution in [0.5, 0.6) is 0 Å². The SMILES string of the molecule is CC(NC(=O)c1n[nH]c2ccccc12)C(=O)NC(C)(C)CCC(=O)O. The highest BCUT2D eigenvalue weighted by molar-refractivity contribution is 6.05. The standard InChI is InChI=1S/C17H22N4O4/c1-10(15(24)19-17(2,3)9-8-13(22)23)18-16(25)14-11-6-4-5-7-12(11)20-21-14/h4-7,10H,8-9H2,1-3H3,(H,18,25)(H,19,24)(H,20,21)(H,22,23). The summed E-state index contributed by atoms with van der Waals surface area (Å²) in [6.45, 7) is 5.04. The van der Waals surface area contributed by atoms with Crippen molar-refractivity contribution in [1.29, 1.82) is 0 Å². The van der Waals surface area contributed by atoms with Gasteiger partial charge in [-0.3, -0.25) is 19.5 Å². The van der Waals surface area contributed by atoms with Gasteiger partial charge >= 0.3 is 5.97 Å². The number of carbonyl (C=O) groups excluding carboxylic acids is 2. The lowest BCUT2D eigenvalue weighted by molar-refractivity contribution is -0.137. The number of carboxylic acid groups (broad SMARTS) is 1. The first-order valence-corrected chi connectivity index (χ1v) is 7.97. The van der Waals surface area contributed by atoms with Crippen molar-refractivity contribution >= 4 is 28.7 Å². The smallest absolute Gasteiger partial charge is 0.303 e. The molecule has 2 amide bonds. The second-order valence-electron chi connectivity index (χ2n) is 6.58. The fourth-order valence-electron chi connectivity index (χ4n) is 2.39. The largest absolute Gasteiger partial charge is 0.481 e. The Bertz CT molecular complexity index is 797. The highest BCUT2D eigenvalue weighted by atomic mass is 16.4. The number of rotatable bonds is 7. The minimum absolute atomic E-state index is 0.0483. The van der Waals surface area contributed by atoms with Gasteiger partial charge in [-0.2, -0.15) is 5.10 Å². The molecule has 0 radical (unpaired) electrons. The number of aromatic nitrogens is 2. The third-order valence-corrected chi connectivity index (χ3v) is 3.85. The summed E-state index contributed by atoms with van der Waals surface area (Å²) in [6, 6.07) is 6.42. The number of aromatic amines is 1. The summed E-state index contributed by atoms with van der Waals surface area (Å²) in [4.78, 5) is 35.3. The topological polar surface area (TPSA) is 124 Å². The molecule has 1 atom stereocenters. The monoisotopic (exact) mass is 346 g/mol. The van der Waals surface area contributed by atoms with E-state index in [1.807, 2.05) is 6.07 Å². The molecule has 0 spiro atoms. The Balaban J connectivity index is 1.98. The van der Waals surface area contributed by atoms with Crippen LogP contribution in [0.2, 0.25) is 0 Å². The lowest BCUT2D eigenvalue weighted by Crippen LogP contribution is -2.52. The fraction of sp³-hybridized carbons (Fsp3) is 0.412. The molecule has 0 saturated carbocycles. The minimum atomic E-state index is -0.922. The van der Waals surface area contributed by atoms with Crippen LogP contribution < -0.4 is 10.6 Å². The molecule has 134 valence electrons. The van der Waals surface area contributed by atoms with Crippen molar-refractivity contribution in [3.05, 3.63) is 30.0 Å². The highest BCUT2D eigenvalue weighted by Crippen LogP contribution is 2.15. The van der Waals surface area contributed by atoms with Gasteiger partial charge < -0.3 is 15.7 Å². The van der Waals surface area contributed by atoms with Gasteiger partial charge in [-0.05, 0) is 33.3 Å². The lowest BCUT2D eigenvalue weighted by Gasteiger charge is -2.27. The quantitative estimate of drug-likeness (QED) is 0.604. The van der Waals surface area contributed by atoms with E-state index in [2.05, 4.69) is 20.8 Å². The van der Waals surface area contributed by atoms with E-state index in [1.165, 1.54) is 0 Å². The van der Waals surface area contributed by atoms with Crippen LogP contribution in [0.15, 0.2) is 24.3 Å². The molecule has 4 N–H and O–H groups in total. The molecule has 0 bridgehead atoms. The van der Waals surface area contributed by atoms with Crippen molar-refractivity contribution in [2.24, 2.45) is 0 Å². The second kappa shape index (κ2) is 7.33. The van der Waals surface area contributed by atoms with Gasteiger partial charge in [0.2, 0.25) is 5.91 Å². The van der Waals surface area contributed by atoms with Gasteiger partial charge in [0.25, 0.3) is 5.91 Å². The molecule has 0 aliphatic heterocycles. The molecule has 1 aromatic carbocycles. The summed E-state index contributed by atoms with van der Waals surface area (Å²) < 4.78 is 0. The maximum Gasteiger partial charge on any atom is 0.303 e. The van der Waals surface area contributed by atoms with Crippen LogP contribution >= 0.6 is 0 Å². The number of para-hydroxylation sites is 1. The van der Waals surface area contributed by atoms with Gasteiger partial charge in [-0.25, -0.2) is 0 Å². The highest BCUT2D eigenvalue weighted by Gasteiger charge is 2.26. The fourth-order valence-corrected chi connectivity index (χ4v) is 2.39. The number of nitrogens with one attached hydrogen (secondary N) is 3. The van der Waals surface area contributed by atoms with Crippen molar-refractivity contribution in [3.8, 4) is 0 Å². The number of benzene rings is 1. The Morgan fingerprint density at radius 1 is 1.28 bits per heavy atom. The number of fused-ring (bicyclic) bond motifs is 1. The number of H-pyrrole nitrogens is 1. The Hall–Kier alpha value is -2.90. The number of carboxylic acids is 1. The van der Waals surface area contributed by atoms with Crippen LogP contribution in [-0.4, -0.2) is 44.7 Å². The molecule has 2 rings (SSSR count). The normalized spacial score (nSPS) is 12.6. The Kier molecular flexibility index (Phi) is 5.41. The molecule has 1 unspecified atom stereocenters. The maximum atomic E-state index is 12.4. The number of carbonyl (C=O) groups is 3. The zero-order chi connectivity index (χ0) is 18.6. The molecular formula is C17H22N4O4. The van der Waals surface area contributed by atoms with Crippen molar-refractivity contribution in [3.63, 3.8) is 0 Å². The molecule has 0 fully saturated rings. The molecular weight excluding hydrogens is 324 g/mol. The third-order valence-electron chi connectivity index (χ3n) is 3.85. The van der Waals surface area contributed by atoms with E-state index in [0.29, 0.717) is 11.8 Å². The van der Waals surface area contributed by atoms with Crippen molar-refractivity contribution < 1.29 is 19.5 Å². The summed E-state index contributed by atoms with van der Waals surface area (Å²) in [5.41, 5.74) is 0.271. The van der Waals surface area contributed by atoms with Gasteiger partial charge in [0.1, 0.15) is 6.04 Å². The molecule has 0 aliphatic rings. The maximum absolute atomic E-state index is 12.4. The van der Waals surface area contributed by atoms with Crippen molar-refractivity contribution in [1.82, 2.24) is 20.8 Å². The Morgan fingerprint density at radius 2 is 1.96 bits per heavy atom. The molecule has 1 aromatic heterocycles. The van der Waals surface area contributed by atoms with Crippen molar-refractivity contribution in [2.75, 3.05) is 0 Å².